The standard InChI is InChI=1S/C18H21N3O/c1-14-7-10-19-17(13-14)20-18(22)15-8-11-21(12-9-15)16-5-3-2-4-6-16/h2-7,10,13,15H,8-9,11-12H2,1H3,(H,19,20,22). The average molecular weight is 295 g/mol. The van der Waals surface area contributed by atoms with Gasteiger partial charge in [-0.15, -0.1) is 0 Å². The molecule has 4 nitrogen and oxygen atoms in total. The summed E-state index contributed by atoms with van der Waals surface area (Å²) < 4.78 is 0. The van der Waals surface area contributed by atoms with E-state index in [0.717, 1.165) is 31.5 Å². The van der Waals surface area contributed by atoms with Crippen LogP contribution >= 0.6 is 0 Å². The van der Waals surface area contributed by atoms with E-state index in [1.807, 2.05) is 25.1 Å². The van der Waals surface area contributed by atoms with Gasteiger partial charge in [0.15, 0.2) is 0 Å². The van der Waals surface area contributed by atoms with E-state index in [2.05, 4.69) is 39.5 Å². The van der Waals surface area contributed by atoms with E-state index in [1.54, 1.807) is 6.20 Å². The number of aromatic nitrogens is 1. The molecular formula is C18H21N3O. The number of rotatable bonds is 3. The summed E-state index contributed by atoms with van der Waals surface area (Å²) in [5, 5.41) is 2.94. The van der Waals surface area contributed by atoms with Gasteiger partial charge in [-0.1, -0.05) is 18.2 Å². The second-order valence-electron chi connectivity index (χ2n) is 5.80. The molecule has 2 heterocycles. The van der Waals surface area contributed by atoms with Crippen LogP contribution in [0.4, 0.5) is 11.5 Å². The molecule has 0 spiro atoms. The average Bonchev–Trinajstić information content (AvgIpc) is 2.56. The number of amides is 1. The van der Waals surface area contributed by atoms with Crippen molar-refractivity contribution in [2.45, 2.75) is 19.8 Å². The summed E-state index contributed by atoms with van der Waals surface area (Å²) in [7, 11) is 0. The Bertz CT molecular complexity index is 634. The monoisotopic (exact) mass is 295 g/mol. The van der Waals surface area contributed by atoms with Crippen LogP contribution in [0.1, 0.15) is 18.4 Å². The summed E-state index contributed by atoms with van der Waals surface area (Å²) in [5.41, 5.74) is 2.34. The second kappa shape index (κ2) is 6.60. The molecule has 1 fully saturated rings. The number of benzene rings is 1. The quantitative estimate of drug-likeness (QED) is 0.945. The van der Waals surface area contributed by atoms with Crippen LogP contribution < -0.4 is 10.2 Å². The third-order valence-corrected chi connectivity index (χ3v) is 4.15. The number of anilines is 2. The minimum atomic E-state index is 0.0716. The van der Waals surface area contributed by atoms with E-state index in [4.69, 9.17) is 0 Å². The molecule has 0 radical (unpaired) electrons. The summed E-state index contributed by atoms with van der Waals surface area (Å²) in [6, 6.07) is 14.2. The fourth-order valence-electron chi connectivity index (χ4n) is 2.87. The van der Waals surface area contributed by atoms with Gasteiger partial charge in [0.05, 0.1) is 0 Å². The zero-order chi connectivity index (χ0) is 15.4. The van der Waals surface area contributed by atoms with Gasteiger partial charge in [-0.05, 0) is 49.6 Å². The zero-order valence-corrected chi connectivity index (χ0v) is 12.8. The van der Waals surface area contributed by atoms with E-state index >= 15 is 0 Å². The number of piperidine rings is 1. The Morgan fingerprint density at radius 3 is 2.59 bits per heavy atom. The maximum absolute atomic E-state index is 12.4. The predicted octanol–water partition coefficient (Wildman–Crippen LogP) is 3.25. The summed E-state index contributed by atoms with van der Waals surface area (Å²) in [4.78, 5) is 18.9. The summed E-state index contributed by atoms with van der Waals surface area (Å²) in [6.45, 7) is 3.84. The van der Waals surface area contributed by atoms with Crippen LogP contribution in [0.25, 0.3) is 0 Å². The van der Waals surface area contributed by atoms with Crippen molar-refractivity contribution in [1.82, 2.24) is 4.98 Å². The van der Waals surface area contributed by atoms with Crippen molar-refractivity contribution in [3.63, 3.8) is 0 Å². The first kappa shape index (κ1) is 14.6. The van der Waals surface area contributed by atoms with Crippen LogP contribution in [0.2, 0.25) is 0 Å². The molecule has 4 heteroatoms. The van der Waals surface area contributed by atoms with Crippen LogP contribution in [0, 0.1) is 12.8 Å². The molecule has 1 aromatic carbocycles. The number of para-hydroxylation sites is 1. The summed E-state index contributed by atoms with van der Waals surface area (Å²) in [6.07, 6.45) is 3.49. The van der Waals surface area contributed by atoms with Gasteiger partial charge in [0.25, 0.3) is 0 Å². The fourth-order valence-corrected chi connectivity index (χ4v) is 2.87. The molecule has 114 valence electrons. The molecule has 1 aromatic heterocycles. The maximum Gasteiger partial charge on any atom is 0.228 e. The molecule has 2 aromatic rings. The Morgan fingerprint density at radius 1 is 1.18 bits per heavy atom. The lowest BCUT2D eigenvalue weighted by Crippen LogP contribution is -2.38. The number of nitrogens with one attached hydrogen (secondary N) is 1. The number of carbonyl (C=O) groups excluding carboxylic acids is 1. The van der Waals surface area contributed by atoms with Crippen LogP contribution in [0.3, 0.4) is 0 Å². The first-order chi connectivity index (χ1) is 10.7. The first-order valence-electron chi connectivity index (χ1n) is 7.76. The molecule has 3 rings (SSSR count). The molecule has 1 aliphatic heterocycles. The van der Waals surface area contributed by atoms with Gasteiger partial charge < -0.3 is 10.2 Å². The van der Waals surface area contributed by atoms with E-state index in [1.165, 1.54) is 5.69 Å². The van der Waals surface area contributed by atoms with Gasteiger partial charge in [-0.3, -0.25) is 4.79 Å². The molecule has 1 N–H and O–H groups in total. The largest absolute Gasteiger partial charge is 0.371 e. The minimum Gasteiger partial charge on any atom is -0.371 e. The normalized spacial score (nSPS) is 15.6. The highest BCUT2D eigenvalue weighted by Gasteiger charge is 2.25. The lowest BCUT2D eigenvalue weighted by Gasteiger charge is -2.32. The Hall–Kier alpha value is -2.36. The molecule has 1 amide bonds. The van der Waals surface area contributed by atoms with Crippen molar-refractivity contribution in [2.24, 2.45) is 5.92 Å². The molecule has 0 atom stereocenters. The first-order valence-corrected chi connectivity index (χ1v) is 7.76. The fraction of sp³-hybridized carbons (Fsp3) is 0.333. The predicted molar refractivity (Wildman–Crippen MR) is 89.0 cm³/mol. The molecule has 0 unspecified atom stereocenters. The van der Waals surface area contributed by atoms with Crippen molar-refractivity contribution in [1.29, 1.82) is 0 Å². The third kappa shape index (κ3) is 3.45. The highest BCUT2D eigenvalue weighted by molar-refractivity contribution is 5.91. The maximum atomic E-state index is 12.4. The number of pyridine rings is 1. The van der Waals surface area contributed by atoms with Gasteiger partial charge in [0, 0.05) is 30.9 Å². The van der Waals surface area contributed by atoms with Crippen LogP contribution in [-0.2, 0) is 4.79 Å². The van der Waals surface area contributed by atoms with Crippen molar-refractivity contribution in [2.75, 3.05) is 23.3 Å². The molecule has 1 saturated heterocycles. The summed E-state index contributed by atoms with van der Waals surface area (Å²) >= 11 is 0. The topological polar surface area (TPSA) is 45.2 Å². The van der Waals surface area contributed by atoms with Crippen molar-refractivity contribution < 1.29 is 4.79 Å². The van der Waals surface area contributed by atoms with Gasteiger partial charge in [0.2, 0.25) is 5.91 Å². The van der Waals surface area contributed by atoms with Crippen molar-refractivity contribution in [3.05, 3.63) is 54.2 Å². The smallest absolute Gasteiger partial charge is 0.228 e. The SMILES string of the molecule is Cc1ccnc(NC(=O)C2CCN(c3ccccc3)CC2)c1. The minimum absolute atomic E-state index is 0.0716. The molecule has 0 saturated carbocycles. The Balaban J connectivity index is 1.56. The molecule has 0 bridgehead atoms. The van der Waals surface area contributed by atoms with Crippen LogP contribution in [0.5, 0.6) is 0 Å². The third-order valence-electron chi connectivity index (χ3n) is 4.15. The van der Waals surface area contributed by atoms with Crippen molar-refractivity contribution >= 4 is 17.4 Å². The highest BCUT2D eigenvalue weighted by atomic mass is 16.1. The van der Waals surface area contributed by atoms with E-state index in [9.17, 15) is 4.79 Å². The van der Waals surface area contributed by atoms with Crippen LogP contribution in [-0.4, -0.2) is 24.0 Å². The van der Waals surface area contributed by atoms with E-state index in [-0.39, 0.29) is 11.8 Å². The lowest BCUT2D eigenvalue weighted by atomic mass is 9.95. The zero-order valence-electron chi connectivity index (χ0n) is 12.8. The van der Waals surface area contributed by atoms with Crippen molar-refractivity contribution in [3.8, 4) is 0 Å². The van der Waals surface area contributed by atoms with E-state index < -0.39 is 0 Å². The number of hydrogen-bond acceptors (Lipinski definition) is 3. The van der Waals surface area contributed by atoms with Gasteiger partial charge in [-0.25, -0.2) is 4.98 Å². The Labute approximate surface area is 131 Å². The van der Waals surface area contributed by atoms with Gasteiger partial charge in [-0.2, -0.15) is 0 Å². The number of carbonyl (C=O) groups is 1. The number of nitrogens with zero attached hydrogens (tertiary/aromatic N) is 2. The Kier molecular flexibility index (Phi) is 4.37. The highest BCUT2D eigenvalue weighted by Crippen LogP contribution is 2.24. The van der Waals surface area contributed by atoms with Gasteiger partial charge >= 0.3 is 0 Å². The number of aryl methyl sites for hydroxylation is 1. The molecular weight excluding hydrogens is 274 g/mol. The van der Waals surface area contributed by atoms with E-state index in [0.29, 0.717) is 5.82 Å². The second-order valence-corrected chi connectivity index (χ2v) is 5.80. The number of hydrogen-bond donors (Lipinski definition) is 1. The van der Waals surface area contributed by atoms with Crippen LogP contribution in [0.15, 0.2) is 48.7 Å². The Morgan fingerprint density at radius 2 is 1.91 bits per heavy atom. The molecule has 1 aliphatic rings. The summed E-state index contributed by atoms with van der Waals surface area (Å²) in [5.74, 6) is 0.809. The molecule has 22 heavy (non-hydrogen) atoms. The van der Waals surface area contributed by atoms with Gasteiger partial charge in [0.1, 0.15) is 5.82 Å². The molecule has 0 aliphatic carbocycles. The lowest BCUT2D eigenvalue weighted by molar-refractivity contribution is -0.120.